The highest BCUT2D eigenvalue weighted by Gasteiger charge is 2.07. The Kier molecular flexibility index (Phi) is 3.71. The second kappa shape index (κ2) is 5.82. The van der Waals surface area contributed by atoms with Crippen molar-refractivity contribution in [3.63, 3.8) is 0 Å². The number of carboxylic acids is 1. The first-order valence-corrected chi connectivity index (χ1v) is 7.00. The Bertz CT molecular complexity index is 867. The fourth-order valence-corrected chi connectivity index (χ4v) is 2.42. The van der Waals surface area contributed by atoms with Crippen LogP contribution in [0.4, 0.5) is 0 Å². The standard InChI is InChI=1S/C19H15NO2/c1-13(11-14-7-3-2-4-8-14)18-12-16(19(21)22)15-9-5-6-10-17(15)20-18/h2-12H,1H3,(H,21,22)/p-1. The van der Waals surface area contributed by atoms with Gasteiger partial charge in [0.2, 0.25) is 0 Å². The summed E-state index contributed by atoms with van der Waals surface area (Å²) in [5.41, 5.74) is 3.41. The molecule has 3 nitrogen and oxygen atoms in total. The van der Waals surface area contributed by atoms with E-state index in [2.05, 4.69) is 4.98 Å². The van der Waals surface area contributed by atoms with Crippen molar-refractivity contribution in [3.05, 3.63) is 77.5 Å². The highest BCUT2D eigenvalue weighted by atomic mass is 16.4. The predicted octanol–water partition coefficient (Wildman–Crippen LogP) is 3.16. The molecule has 3 rings (SSSR count). The van der Waals surface area contributed by atoms with Crippen molar-refractivity contribution in [3.8, 4) is 0 Å². The van der Waals surface area contributed by atoms with Crippen molar-refractivity contribution < 1.29 is 9.90 Å². The molecule has 0 aliphatic carbocycles. The molecule has 0 atom stereocenters. The summed E-state index contributed by atoms with van der Waals surface area (Å²) in [6.07, 6.45) is 1.98. The summed E-state index contributed by atoms with van der Waals surface area (Å²) < 4.78 is 0. The van der Waals surface area contributed by atoms with Gasteiger partial charge in [-0.15, -0.1) is 0 Å². The van der Waals surface area contributed by atoms with E-state index in [4.69, 9.17) is 0 Å². The highest BCUT2D eigenvalue weighted by molar-refractivity contribution is 6.02. The first kappa shape index (κ1) is 14.0. The third-order valence-electron chi connectivity index (χ3n) is 3.52. The van der Waals surface area contributed by atoms with Crippen LogP contribution < -0.4 is 5.11 Å². The van der Waals surface area contributed by atoms with Gasteiger partial charge in [-0.05, 0) is 36.3 Å². The molecule has 1 heterocycles. The number of carboxylic acid groups (broad SMARTS) is 1. The van der Waals surface area contributed by atoms with Crippen LogP contribution in [0.5, 0.6) is 0 Å². The number of aromatic nitrogens is 1. The van der Waals surface area contributed by atoms with Crippen molar-refractivity contribution in [2.24, 2.45) is 0 Å². The summed E-state index contributed by atoms with van der Waals surface area (Å²) in [5, 5.41) is 12.0. The average Bonchev–Trinajstić information content (AvgIpc) is 2.54. The van der Waals surface area contributed by atoms with Gasteiger partial charge in [-0.3, -0.25) is 0 Å². The number of allylic oxidation sites excluding steroid dienone is 1. The Morgan fingerprint density at radius 1 is 1.05 bits per heavy atom. The number of hydrogen-bond acceptors (Lipinski definition) is 3. The Morgan fingerprint density at radius 3 is 2.45 bits per heavy atom. The van der Waals surface area contributed by atoms with Crippen LogP contribution >= 0.6 is 0 Å². The van der Waals surface area contributed by atoms with E-state index < -0.39 is 5.97 Å². The van der Waals surface area contributed by atoms with Gasteiger partial charge in [0.05, 0.1) is 17.2 Å². The average molecular weight is 288 g/mol. The third kappa shape index (κ3) is 2.74. The van der Waals surface area contributed by atoms with Crippen LogP contribution in [-0.4, -0.2) is 11.0 Å². The van der Waals surface area contributed by atoms with E-state index in [9.17, 15) is 9.90 Å². The molecule has 0 N–H and O–H groups in total. The van der Waals surface area contributed by atoms with Gasteiger partial charge in [-0.1, -0.05) is 48.5 Å². The number of nitrogens with zero attached hydrogens (tertiary/aromatic N) is 1. The van der Waals surface area contributed by atoms with Crippen LogP contribution in [0.2, 0.25) is 0 Å². The van der Waals surface area contributed by atoms with Gasteiger partial charge in [0.25, 0.3) is 0 Å². The van der Waals surface area contributed by atoms with E-state index in [1.165, 1.54) is 0 Å². The summed E-state index contributed by atoms with van der Waals surface area (Å²) in [7, 11) is 0. The van der Waals surface area contributed by atoms with Gasteiger partial charge in [0.15, 0.2) is 0 Å². The second-order valence-corrected chi connectivity index (χ2v) is 5.10. The first-order valence-electron chi connectivity index (χ1n) is 7.00. The minimum Gasteiger partial charge on any atom is -0.545 e. The second-order valence-electron chi connectivity index (χ2n) is 5.10. The molecule has 3 aromatic rings. The first-order chi connectivity index (χ1) is 10.6. The number of fused-ring (bicyclic) bond motifs is 1. The smallest absolute Gasteiger partial charge is 0.0722 e. The highest BCUT2D eigenvalue weighted by Crippen LogP contribution is 2.23. The van der Waals surface area contributed by atoms with Crippen molar-refractivity contribution in [1.29, 1.82) is 0 Å². The van der Waals surface area contributed by atoms with E-state index in [-0.39, 0.29) is 5.56 Å². The zero-order valence-corrected chi connectivity index (χ0v) is 12.1. The molecule has 0 bridgehead atoms. The van der Waals surface area contributed by atoms with E-state index in [1.54, 1.807) is 24.3 Å². The monoisotopic (exact) mass is 288 g/mol. The van der Waals surface area contributed by atoms with Crippen molar-refractivity contribution in [2.75, 3.05) is 0 Å². The Morgan fingerprint density at radius 2 is 1.73 bits per heavy atom. The van der Waals surface area contributed by atoms with Crippen LogP contribution in [0.1, 0.15) is 28.5 Å². The molecule has 0 saturated carbocycles. The van der Waals surface area contributed by atoms with Crippen LogP contribution in [0, 0.1) is 0 Å². The molecule has 0 radical (unpaired) electrons. The molecular formula is C19H14NO2-. The number of rotatable bonds is 3. The Hall–Kier alpha value is -2.94. The lowest BCUT2D eigenvalue weighted by Gasteiger charge is -2.10. The van der Waals surface area contributed by atoms with Crippen LogP contribution in [0.15, 0.2) is 60.7 Å². The summed E-state index contributed by atoms with van der Waals surface area (Å²) in [6, 6.07) is 18.6. The van der Waals surface area contributed by atoms with E-state index in [0.29, 0.717) is 16.6 Å². The molecular weight excluding hydrogens is 274 g/mol. The largest absolute Gasteiger partial charge is 0.545 e. The quantitative estimate of drug-likeness (QED) is 0.744. The molecule has 0 unspecified atom stereocenters. The Labute approximate surface area is 128 Å². The molecule has 3 heteroatoms. The number of para-hydroxylation sites is 1. The lowest BCUT2D eigenvalue weighted by atomic mass is 10.0. The van der Waals surface area contributed by atoms with Gasteiger partial charge in [-0.2, -0.15) is 0 Å². The lowest BCUT2D eigenvalue weighted by Crippen LogP contribution is -2.23. The fraction of sp³-hybridized carbons (Fsp3) is 0.0526. The van der Waals surface area contributed by atoms with Crippen molar-refractivity contribution >= 4 is 28.5 Å². The summed E-state index contributed by atoms with van der Waals surface area (Å²) >= 11 is 0. The van der Waals surface area contributed by atoms with E-state index >= 15 is 0 Å². The number of carbonyl (C=O) groups excluding carboxylic acids is 1. The van der Waals surface area contributed by atoms with Gasteiger partial charge < -0.3 is 9.90 Å². The molecule has 0 aliphatic heterocycles. The summed E-state index contributed by atoms with van der Waals surface area (Å²) in [6.45, 7) is 1.92. The van der Waals surface area contributed by atoms with Crippen LogP contribution in [0.25, 0.3) is 22.6 Å². The maximum atomic E-state index is 11.4. The number of carbonyl (C=O) groups is 1. The molecule has 0 amide bonds. The topological polar surface area (TPSA) is 53.0 Å². The maximum Gasteiger partial charge on any atom is 0.0722 e. The van der Waals surface area contributed by atoms with Gasteiger partial charge in [0, 0.05) is 10.9 Å². The van der Waals surface area contributed by atoms with E-state index in [1.807, 2.05) is 49.4 Å². The lowest BCUT2D eigenvalue weighted by molar-refractivity contribution is -0.254. The van der Waals surface area contributed by atoms with Gasteiger partial charge >= 0.3 is 0 Å². The van der Waals surface area contributed by atoms with Crippen LogP contribution in [-0.2, 0) is 0 Å². The molecule has 0 spiro atoms. The minimum absolute atomic E-state index is 0.168. The fourth-order valence-electron chi connectivity index (χ4n) is 2.42. The zero-order valence-electron chi connectivity index (χ0n) is 12.1. The summed E-state index contributed by atoms with van der Waals surface area (Å²) in [4.78, 5) is 15.9. The molecule has 22 heavy (non-hydrogen) atoms. The Balaban J connectivity index is 2.15. The third-order valence-corrected chi connectivity index (χ3v) is 3.52. The van der Waals surface area contributed by atoms with E-state index in [0.717, 1.165) is 11.1 Å². The number of pyridine rings is 1. The molecule has 0 saturated heterocycles. The van der Waals surface area contributed by atoms with Crippen molar-refractivity contribution in [2.45, 2.75) is 6.92 Å². The SMILES string of the molecule is CC(=Cc1ccccc1)c1cc(C(=O)[O-])c2ccccc2n1. The maximum absolute atomic E-state index is 11.4. The molecule has 0 aliphatic rings. The minimum atomic E-state index is -1.19. The van der Waals surface area contributed by atoms with Crippen molar-refractivity contribution in [1.82, 2.24) is 4.98 Å². The molecule has 2 aromatic carbocycles. The number of benzene rings is 2. The number of aromatic carboxylic acids is 1. The predicted molar refractivity (Wildman–Crippen MR) is 86.1 cm³/mol. The van der Waals surface area contributed by atoms with Gasteiger partial charge in [0.1, 0.15) is 0 Å². The summed E-state index contributed by atoms with van der Waals surface area (Å²) in [5.74, 6) is -1.19. The van der Waals surface area contributed by atoms with Gasteiger partial charge in [-0.25, -0.2) is 4.98 Å². The number of hydrogen-bond donors (Lipinski definition) is 0. The van der Waals surface area contributed by atoms with Crippen LogP contribution in [0.3, 0.4) is 0 Å². The molecule has 108 valence electrons. The molecule has 1 aromatic heterocycles. The molecule has 0 fully saturated rings. The zero-order chi connectivity index (χ0) is 15.5. The normalized spacial score (nSPS) is 11.6.